The van der Waals surface area contributed by atoms with Crippen LogP contribution in [0.1, 0.15) is 16.2 Å². The highest BCUT2D eigenvalue weighted by Gasteiger charge is 2.15. The summed E-state index contributed by atoms with van der Waals surface area (Å²) in [6.07, 6.45) is 1.60. The molecule has 2 heterocycles. The molecular formula is C15H15N5O. The first-order valence-corrected chi connectivity index (χ1v) is 6.51. The van der Waals surface area contributed by atoms with Gasteiger partial charge in [0, 0.05) is 24.3 Å². The Morgan fingerprint density at radius 2 is 2.10 bits per heavy atom. The van der Waals surface area contributed by atoms with E-state index in [1.54, 1.807) is 13.2 Å². The molecule has 1 aromatic carbocycles. The number of carbonyl (C=O) groups excluding carboxylic acids is 1. The van der Waals surface area contributed by atoms with Crippen molar-refractivity contribution in [3.05, 3.63) is 47.9 Å². The molecule has 6 nitrogen and oxygen atoms in total. The minimum atomic E-state index is -0.344. The third kappa shape index (κ3) is 2.43. The van der Waals surface area contributed by atoms with Crippen molar-refractivity contribution < 1.29 is 4.79 Å². The highest BCUT2D eigenvalue weighted by atomic mass is 16.2. The molecule has 0 fully saturated rings. The molecule has 2 aromatic heterocycles. The number of hydrogen-bond donors (Lipinski definition) is 2. The predicted molar refractivity (Wildman–Crippen MR) is 82.1 cm³/mol. The van der Waals surface area contributed by atoms with E-state index in [0.29, 0.717) is 11.4 Å². The van der Waals surface area contributed by atoms with Crippen LogP contribution in [-0.2, 0) is 7.05 Å². The van der Waals surface area contributed by atoms with Gasteiger partial charge < -0.3 is 11.1 Å². The molecule has 0 saturated heterocycles. The van der Waals surface area contributed by atoms with Crippen LogP contribution >= 0.6 is 0 Å². The number of para-hydroxylation sites is 1. The highest BCUT2D eigenvalue weighted by molar-refractivity contribution is 6.09. The summed E-state index contributed by atoms with van der Waals surface area (Å²) in [6, 6.07) is 9.54. The second-order valence-corrected chi connectivity index (χ2v) is 4.89. The van der Waals surface area contributed by atoms with Crippen LogP contribution < -0.4 is 11.1 Å². The van der Waals surface area contributed by atoms with Gasteiger partial charge in [-0.05, 0) is 19.1 Å². The van der Waals surface area contributed by atoms with E-state index in [1.807, 2.05) is 37.3 Å². The lowest BCUT2D eigenvalue weighted by atomic mass is 10.1. The van der Waals surface area contributed by atoms with Gasteiger partial charge in [-0.1, -0.05) is 18.2 Å². The molecule has 3 aromatic rings. The lowest BCUT2D eigenvalue weighted by molar-refractivity contribution is 0.102. The van der Waals surface area contributed by atoms with E-state index >= 15 is 0 Å². The molecular weight excluding hydrogens is 266 g/mol. The molecule has 0 spiro atoms. The molecule has 0 aliphatic heterocycles. The van der Waals surface area contributed by atoms with Crippen molar-refractivity contribution in [2.45, 2.75) is 6.92 Å². The van der Waals surface area contributed by atoms with Gasteiger partial charge in [-0.15, -0.1) is 0 Å². The fraction of sp³-hybridized carbons (Fsp3) is 0.133. The Hall–Kier alpha value is -2.89. The number of nitrogens with one attached hydrogen (secondary N) is 1. The van der Waals surface area contributed by atoms with Gasteiger partial charge in [-0.3, -0.25) is 14.5 Å². The van der Waals surface area contributed by atoms with Crippen molar-refractivity contribution >= 4 is 28.2 Å². The van der Waals surface area contributed by atoms with E-state index in [0.717, 1.165) is 16.6 Å². The van der Waals surface area contributed by atoms with Gasteiger partial charge in [0.15, 0.2) is 5.69 Å². The molecule has 3 rings (SSSR count). The summed E-state index contributed by atoms with van der Waals surface area (Å²) in [6.45, 7) is 1.91. The van der Waals surface area contributed by atoms with Gasteiger partial charge in [0.05, 0.1) is 16.9 Å². The van der Waals surface area contributed by atoms with Gasteiger partial charge in [0.1, 0.15) is 0 Å². The van der Waals surface area contributed by atoms with Crippen LogP contribution in [0.3, 0.4) is 0 Å². The number of pyridine rings is 1. The molecule has 0 aliphatic rings. The van der Waals surface area contributed by atoms with Crippen LogP contribution in [0.15, 0.2) is 36.5 Å². The van der Waals surface area contributed by atoms with Crippen LogP contribution in [0.25, 0.3) is 10.9 Å². The Bertz CT molecular complexity index is 837. The molecule has 6 heteroatoms. The lowest BCUT2D eigenvalue weighted by Gasteiger charge is -2.08. The first-order valence-electron chi connectivity index (χ1n) is 6.51. The van der Waals surface area contributed by atoms with E-state index in [-0.39, 0.29) is 11.6 Å². The topological polar surface area (TPSA) is 85.8 Å². The zero-order chi connectivity index (χ0) is 15.0. The van der Waals surface area contributed by atoms with Crippen molar-refractivity contribution in [3.63, 3.8) is 0 Å². The SMILES string of the molecule is Cc1ccc2cccc(NC(=O)c3nn(C)cc3N)c2n1. The van der Waals surface area contributed by atoms with E-state index in [9.17, 15) is 4.79 Å². The maximum absolute atomic E-state index is 12.3. The summed E-state index contributed by atoms with van der Waals surface area (Å²) >= 11 is 0. The van der Waals surface area contributed by atoms with Crippen LogP contribution in [-0.4, -0.2) is 20.7 Å². The first kappa shape index (κ1) is 13.1. The Balaban J connectivity index is 2.00. The van der Waals surface area contributed by atoms with Crippen molar-refractivity contribution in [3.8, 4) is 0 Å². The zero-order valence-corrected chi connectivity index (χ0v) is 11.8. The smallest absolute Gasteiger partial charge is 0.278 e. The number of aryl methyl sites for hydroxylation is 2. The number of hydrogen-bond acceptors (Lipinski definition) is 4. The molecule has 3 N–H and O–H groups in total. The number of benzene rings is 1. The number of carbonyl (C=O) groups is 1. The molecule has 0 aliphatic carbocycles. The first-order chi connectivity index (χ1) is 10.0. The third-order valence-corrected chi connectivity index (χ3v) is 3.18. The van der Waals surface area contributed by atoms with Gasteiger partial charge in [-0.2, -0.15) is 5.10 Å². The number of fused-ring (bicyclic) bond motifs is 1. The highest BCUT2D eigenvalue weighted by Crippen LogP contribution is 2.22. The summed E-state index contributed by atoms with van der Waals surface area (Å²) in [5.74, 6) is -0.344. The van der Waals surface area contributed by atoms with E-state index < -0.39 is 0 Å². The molecule has 1 amide bonds. The van der Waals surface area contributed by atoms with Gasteiger partial charge >= 0.3 is 0 Å². The number of rotatable bonds is 2. The summed E-state index contributed by atoms with van der Waals surface area (Å²) in [5.41, 5.74) is 8.62. The molecule has 0 saturated carbocycles. The Kier molecular flexibility index (Phi) is 3.06. The molecule has 0 unspecified atom stereocenters. The van der Waals surface area contributed by atoms with Crippen molar-refractivity contribution in [1.29, 1.82) is 0 Å². The summed E-state index contributed by atoms with van der Waals surface area (Å²) in [7, 11) is 1.72. The number of anilines is 2. The van der Waals surface area contributed by atoms with Crippen molar-refractivity contribution in [1.82, 2.24) is 14.8 Å². The average Bonchev–Trinajstić information content (AvgIpc) is 2.78. The monoisotopic (exact) mass is 281 g/mol. The standard InChI is InChI=1S/C15H15N5O/c1-9-6-7-10-4-3-5-12(13(10)17-9)18-15(21)14-11(16)8-20(2)19-14/h3-8H,16H2,1-2H3,(H,18,21). The van der Waals surface area contributed by atoms with Crippen molar-refractivity contribution in [2.24, 2.45) is 7.05 Å². The normalized spacial score (nSPS) is 10.8. The van der Waals surface area contributed by atoms with E-state index in [2.05, 4.69) is 15.4 Å². The van der Waals surface area contributed by atoms with Gasteiger partial charge in [-0.25, -0.2) is 0 Å². The maximum atomic E-state index is 12.3. The largest absolute Gasteiger partial charge is 0.396 e. The third-order valence-electron chi connectivity index (χ3n) is 3.18. The Morgan fingerprint density at radius 1 is 1.29 bits per heavy atom. The molecule has 21 heavy (non-hydrogen) atoms. The fourth-order valence-corrected chi connectivity index (χ4v) is 2.21. The van der Waals surface area contributed by atoms with Crippen molar-refractivity contribution in [2.75, 3.05) is 11.1 Å². The number of amides is 1. The molecule has 0 radical (unpaired) electrons. The van der Waals surface area contributed by atoms with Crippen LogP contribution in [0.4, 0.5) is 11.4 Å². The summed E-state index contributed by atoms with van der Waals surface area (Å²) in [5, 5.41) is 7.85. The number of nitrogens with two attached hydrogens (primary N) is 1. The second kappa shape index (κ2) is 4.90. The summed E-state index contributed by atoms with van der Waals surface area (Å²) in [4.78, 5) is 16.8. The van der Waals surface area contributed by atoms with Crippen LogP contribution in [0.5, 0.6) is 0 Å². The summed E-state index contributed by atoms with van der Waals surface area (Å²) < 4.78 is 1.51. The minimum Gasteiger partial charge on any atom is -0.396 e. The quantitative estimate of drug-likeness (QED) is 0.753. The molecule has 0 atom stereocenters. The fourth-order valence-electron chi connectivity index (χ4n) is 2.21. The van der Waals surface area contributed by atoms with Gasteiger partial charge in [0.2, 0.25) is 0 Å². The minimum absolute atomic E-state index is 0.210. The van der Waals surface area contributed by atoms with Gasteiger partial charge in [0.25, 0.3) is 5.91 Å². The Labute approximate surface area is 121 Å². The maximum Gasteiger partial charge on any atom is 0.278 e. The molecule has 0 bridgehead atoms. The van der Waals surface area contributed by atoms with Crippen LogP contribution in [0, 0.1) is 6.92 Å². The second-order valence-electron chi connectivity index (χ2n) is 4.89. The predicted octanol–water partition coefficient (Wildman–Crippen LogP) is 2.11. The number of aromatic nitrogens is 3. The Morgan fingerprint density at radius 3 is 2.81 bits per heavy atom. The van der Waals surface area contributed by atoms with Crippen LogP contribution in [0.2, 0.25) is 0 Å². The molecule has 106 valence electrons. The van der Waals surface area contributed by atoms with E-state index in [4.69, 9.17) is 5.73 Å². The average molecular weight is 281 g/mol. The zero-order valence-electron chi connectivity index (χ0n) is 11.8. The lowest BCUT2D eigenvalue weighted by Crippen LogP contribution is -2.15. The number of nitrogens with zero attached hydrogens (tertiary/aromatic N) is 3. The van der Waals surface area contributed by atoms with E-state index in [1.165, 1.54) is 4.68 Å². The number of nitrogen functional groups attached to an aromatic ring is 1.